The maximum absolute atomic E-state index is 12.1. The number of amides is 1. The zero-order chi connectivity index (χ0) is 15.2. The summed E-state index contributed by atoms with van der Waals surface area (Å²) in [4.78, 5) is 18.9. The third-order valence-corrected chi connectivity index (χ3v) is 4.66. The number of hydrogen-bond donors (Lipinski definition) is 2. The molecule has 128 valence electrons. The molecule has 2 aliphatic rings. The first-order chi connectivity index (χ1) is 10.8. The zero-order valence-corrected chi connectivity index (χ0v) is 14.4. The Labute approximate surface area is 144 Å². The molecule has 2 N–H and O–H groups in total. The molecule has 2 saturated heterocycles. The van der Waals surface area contributed by atoms with Gasteiger partial charge in [0, 0.05) is 25.8 Å². The Balaban J connectivity index is 0.00000192. The fraction of sp³-hybridized carbons (Fsp3) is 0.647. The third-order valence-electron chi connectivity index (χ3n) is 4.66. The average molecular weight is 339 g/mol. The minimum atomic E-state index is 0. The summed E-state index contributed by atoms with van der Waals surface area (Å²) in [7, 11) is 0. The molecular formula is C17H27ClN4O. The van der Waals surface area contributed by atoms with Gasteiger partial charge in [0.1, 0.15) is 0 Å². The molecule has 0 bridgehead atoms. The zero-order valence-electron chi connectivity index (χ0n) is 13.5. The number of piperidine rings is 1. The van der Waals surface area contributed by atoms with Crippen molar-refractivity contribution >= 4 is 18.3 Å². The highest BCUT2D eigenvalue weighted by atomic mass is 35.5. The number of aromatic nitrogens is 1. The Morgan fingerprint density at radius 1 is 1.35 bits per heavy atom. The van der Waals surface area contributed by atoms with E-state index in [4.69, 9.17) is 0 Å². The molecule has 0 radical (unpaired) electrons. The number of nitrogens with zero attached hydrogens (tertiary/aromatic N) is 2. The molecule has 0 aromatic carbocycles. The minimum absolute atomic E-state index is 0. The van der Waals surface area contributed by atoms with E-state index in [9.17, 15) is 4.79 Å². The van der Waals surface area contributed by atoms with Gasteiger partial charge < -0.3 is 10.6 Å². The highest BCUT2D eigenvalue weighted by Gasteiger charge is 2.24. The second kappa shape index (κ2) is 9.21. The number of rotatable bonds is 5. The van der Waals surface area contributed by atoms with Crippen molar-refractivity contribution in [1.82, 2.24) is 20.5 Å². The van der Waals surface area contributed by atoms with E-state index in [2.05, 4.69) is 26.6 Å². The molecule has 2 atom stereocenters. The van der Waals surface area contributed by atoms with Gasteiger partial charge in [-0.1, -0.05) is 6.07 Å². The van der Waals surface area contributed by atoms with E-state index in [0.29, 0.717) is 5.92 Å². The molecule has 0 aliphatic carbocycles. The summed E-state index contributed by atoms with van der Waals surface area (Å²) < 4.78 is 0. The Morgan fingerprint density at radius 3 is 3.00 bits per heavy atom. The number of nitrogens with one attached hydrogen (secondary N) is 2. The first-order valence-electron chi connectivity index (χ1n) is 8.44. The van der Waals surface area contributed by atoms with Crippen LogP contribution in [0.15, 0.2) is 24.4 Å². The quantitative estimate of drug-likeness (QED) is 0.856. The van der Waals surface area contributed by atoms with Crippen LogP contribution in [0.5, 0.6) is 0 Å². The average Bonchev–Trinajstić information content (AvgIpc) is 3.08. The minimum Gasteiger partial charge on any atom is -0.354 e. The molecule has 0 spiro atoms. The van der Waals surface area contributed by atoms with Gasteiger partial charge in [-0.05, 0) is 56.8 Å². The van der Waals surface area contributed by atoms with E-state index >= 15 is 0 Å². The Morgan fingerprint density at radius 2 is 2.26 bits per heavy atom. The van der Waals surface area contributed by atoms with Gasteiger partial charge in [0.25, 0.3) is 0 Å². The lowest BCUT2D eigenvalue weighted by Crippen LogP contribution is -2.45. The van der Waals surface area contributed by atoms with Gasteiger partial charge in [-0.15, -0.1) is 12.4 Å². The Hall–Kier alpha value is -1.17. The molecule has 2 fully saturated rings. The van der Waals surface area contributed by atoms with Crippen LogP contribution in [0.25, 0.3) is 0 Å². The molecule has 5 nitrogen and oxygen atoms in total. The van der Waals surface area contributed by atoms with Crippen LogP contribution in [0.3, 0.4) is 0 Å². The van der Waals surface area contributed by atoms with Crippen molar-refractivity contribution in [2.24, 2.45) is 5.92 Å². The molecule has 2 unspecified atom stereocenters. The highest BCUT2D eigenvalue weighted by molar-refractivity contribution is 5.85. The molecule has 0 saturated carbocycles. The topological polar surface area (TPSA) is 57.3 Å². The van der Waals surface area contributed by atoms with Crippen molar-refractivity contribution in [3.05, 3.63) is 30.1 Å². The maximum atomic E-state index is 12.1. The monoisotopic (exact) mass is 338 g/mol. The molecule has 2 aliphatic heterocycles. The molecule has 6 heteroatoms. The summed E-state index contributed by atoms with van der Waals surface area (Å²) in [5.74, 6) is 0.738. The molecular weight excluding hydrogens is 312 g/mol. The van der Waals surface area contributed by atoms with Gasteiger partial charge >= 0.3 is 0 Å². The summed E-state index contributed by atoms with van der Waals surface area (Å²) in [5.41, 5.74) is 1.13. The van der Waals surface area contributed by atoms with Gasteiger partial charge in [0.2, 0.25) is 5.91 Å². The second-order valence-corrected chi connectivity index (χ2v) is 6.46. The highest BCUT2D eigenvalue weighted by Crippen LogP contribution is 2.17. The van der Waals surface area contributed by atoms with Crippen molar-refractivity contribution in [1.29, 1.82) is 0 Å². The van der Waals surface area contributed by atoms with Crippen LogP contribution in [-0.4, -0.2) is 48.0 Å². The molecule has 23 heavy (non-hydrogen) atoms. The fourth-order valence-electron chi connectivity index (χ4n) is 3.46. The lowest BCUT2D eigenvalue weighted by molar-refractivity contribution is -0.123. The molecule has 1 amide bonds. The predicted octanol–water partition coefficient (Wildman–Crippen LogP) is 1.58. The summed E-state index contributed by atoms with van der Waals surface area (Å²) in [6.45, 7) is 4.87. The van der Waals surface area contributed by atoms with Gasteiger partial charge in [-0.25, -0.2) is 0 Å². The van der Waals surface area contributed by atoms with Crippen LogP contribution in [0.2, 0.25) is 0 Å². The van der Waals surface area contributed by atoms with Gasteiger partial charge in [-0.3, -0.25) is 14.7 Å². The van der Waals surface area contributed by atoms with Gasteiger partial charge in [0.05, 0.1) is 11.7 Å². The van der Waals surface area contributed by atoms with Crippen molar-refractivity contribution in [3.63, 3.8) is 0 Å². The van der Waals surface area contributed by atoms with Crippen molar-refractivity contribution in [2.45, 2.75) is 38.3 Å². The number of likely N-dealkylation sites (tertiary alicyclic amines) is 1. The first-order valence-corrected chi connectivity index (χ1v) is 8.44. The van der Waals surface area contributed by atoms with Crippen LogP contribution in [0.1, 0.15) is 31.4 Å². The number of hydrogen-bond acceptors (Lipinski definition) is 4. The molecule has 3 rings (SSSR count). The largest absolute Gasteiger partial charge is 0.354 e. The standard InChI is InChI=1S/C17H26N4O.ClH/c22-17(16-7-3-9-19-16)20-11-14-5-4-10-21(12-14)13-15-6-1-2-8-18-15;/h1-2,6,8,14,16,19H,3-5,7,9-13H2,(H,20,22);1H. The van der Waals surface area contributed by atoms with E-state index in [1.807, 2.05) is 18.3 Å². The van der Waals surface area contributed by atoms with Gasteiger partial charge in [-0.2, -0.15) is 0 Å². The number of halogens is 1. The molecule has 1 aromatic rings. The van der Waals surface area contributed by atoms with E-state index in [0.717, 1.165) is 51.3 Å². The van der Waals surface area contributed by atoms with Crippen LogP contribution in [-0.2, 0) is 11.3 Å². The van der Waals surface area contributed by atoms with Crippen LogP contribution in [0, 0.1) is 5.92 Å². The van der Waals surface area contributed by atoms with E-state index in [1.54, 1.807) is 0 Å². The number of carbonyl (C=O) groups excluding carboxylic acids is 1. The van der Waals surface area contributed by atoms with Gasteiger partial charge in [0.15, 0.2) is 0 Å². The lowest BCUT2D eigenvalue weighted by Gasteiger charge is -2.32. The normalized spacial score (nSPS) is 24.9. The Bertz CT molecular complexity index is 479. The summed E-state index contributed by atoms with van der Waals surface area (Å²) in [6, 6.07) is 6.11. The molecule has 1 aromatic heterocycles. The summed E-state index contributed by atoms with van der Waals surface area (Å²) in [6.07, 6.45) is 6.35. The lowest BCUT2D eigenvalue weighted by atomic mass is 9.97. The number of pyridine rings is 1. The first kappa shape index (κ1) is 18.2. The fourth-order valence-corrected chi connectivity index (χ4v) is 3.46. The Kier molecular flexibility index (Phi) is 7.27. The SMILES string of the molecule is Cl.O=C(NCC1CCCN(Cc2ccccn2)C1)C1CCCN1. The van der Waals surface area contributed by atoms with E-state index in [-0.39, 0.29) is 24.4 Å². The van der Waals surface area contributed by atoms with Crippen LogP contribution < -0.4 is 10.6 Å². The number of carbonyl (C=O) groups is 1. The van der Waals surface area contributed by atoms with Crippen molar-refractivity contribution in [3.8, 4) is 0 Å². The molecule has 3 heterocycles. The van der Waals surface area contributed by atoms with E-state index in [1.165, 1.54) is 12.8 Å². The smallest absolute Gasteiger partial charge is 0.237 e. The van der Waals surface area contributed by atoms with Crippen LogP contribution >= 0.6 is 12.4 Å². The second-order valence-electron chi connectivity index (χ2n) is 6.46. The maximum Gasteiger partial charge on any atom is 0.237 e. The summed E-state index contributed by atoms with van der Waals surface area (Å²) >= 11 is 0. The third kappa shape index (κ3) is 5.44. The van der Waals surface area contributed by atoms with E-state index < -0.39 is 0 Å². The van der Waals surface area contributed by atoms with Crippen molar-refractivity contribution < 1.29 is 4.79 Å². The van der Waals surface area contributed by atoms with Crippen molar-refractivity contribution in [2.75, 3.05) is 26.2 Å². The predicted molar refractivity (Wildman–Crippen MR) is 93.5 cm³/mol. The van der Waals surface area contributed by atoms with Crippen LogP contribution in [0.4, 0.5) is 0 Å². The summed E-state index contributed by atoms with van der Waals surface area (Å²) in [5, 5.41) is 6.39.